The smallest absolute Gasteiger partial charge is 0.271 e. The number of nitrogens with two attached hydrogens (primary N) is 1. The second-order valence-corrected chi connectivity index (χ2v) is 7.30. The van der Waals surface area contributed by atoms with E-state index in [1.54, 1.807) is 6.20 Å². The molecule has 1 saturated heterocycles. The summed E-state index contributed by atoms with van der Waals surface area (Å²) in [5.74, 6) is 0.960. The van der Waals surface area contributed by atoms with Crippen molar-refractivity contribution in [2.75, 3.05) is 30.4 Å². The molecule has 1 aromatic heterocycles. The SMILES string of the molecule is CC(C)c1ccc(Nc2nc(N(C)[C@H]3CCCNC3)cnc2C(N)=O)cc1. The van der Waals surface area contributed by atoms with Gasteiger partial charge in [-0.1, -0.05) is 26.0 Å². The average molecular weight is 368 g/mol. The number of rotatable bonds is 6. The quantitative estimate of drug-likeness (QED) is 0.725. The number of hydrogen-bond acceptors (Lipinski definition) is 6. The first kappa shape index (κ1) is 19.1. The zero-order valence-electron chi connectivity index (χ0n) is 16.2. The highest BCUT2D eigenvalue weighted by Gasteiger charge is 2.21. The summed E-state index contributed by atoms with van der Waals surface area (Å²) in [6.45, 7) is 6.27. The topological polar surface area (TPSA) is 96.2 Å². The van der Waals surface area contributed by atoms with E-state index < -0.39 is 5.91 Å². The Hall–Kier alpha value is -2.67. The Morgan fingerprint density at radius 1 is 1.33 bits per heavy atom. The van der Waals surface area contributed by atoms with Gasteiger partial charge in [0.25, 0.3) is 5.91 Å². The van der Waals surface area contributed by atoms with Crippen LogP contribution in [-0.4, -0.2) is 42.1 Å². The van der Waals surface area contributed by atoms with Crippen LogP contribution in [0.5, 0.6) is 0 Å². The molecule has 4 N–H and O–H groups in total. The molecule has 0 spiro atoms. The number of hydrogen-bond donors (Lipinski definition) is 3. The van der Waals surface area contributed by atoms with Crippen LogP contribution >= 0.6 is 0 Å². The standard InChI is InChI=1S/C20H28N6O/c1-13(2)14-6-8-15(9-7-14)24-20-18(19(21)27)23-12-17(25-20)26(3)16-5-4-10-22-11-16/h6-9,12-13,16,22H,4-5,10-11H2,1-3H3,(H2,21,27)(H,24,25)/t16-/m0/s1. The molecule has 144 valence electrons. The number of nitrogens with one attached hydrogen (secondary N) is 2. The Balaban J connectivity index is 1.86. The van der Waals surface area contributed by atoms with Crippen LogP contribution in [0, 0.1) is 0 Å². The fraction of sp³-hybridized carbons (Fsp3) is 0.450. The predicted molar refractivity (Wildman–Crippen MR) is 109 cm³/mol. The predicted octanol–water partition coefficient (Wildman–Crippen LogP) is 2.63. The van der Waals surface area contributed by atoms with Crippen LogP contribution in [0.1, 0.15) is 48.7 Å². The van der Waals surface area contributed by atoms with Crippen LogP contribution in [0.2, 0.25) is 0 Å². The first-order valence-electron chi connectivity index (χ1n) is 9.43. The number of likely N-dealkylation sites (N-methyl/N-ethyl adjacent to an activating group) is 1. The van der Waals surface area contributed by atoms with E-state index >= 15 is 0 Å². The zero-order valence-corrected chi connectivity index (χ0v) is 16.2. The Kier molecular flexibility index (Phi) is 5.91. The molecule has 1 fully saturated rings. The molecule has 1 aliphatic rings. The molecule has 0 bridgehead atoms. The lowest BCUT2D eigenvalue weighted by Crippen LogP contribution is -2.44. The molecule has 1 amide bonds. The van der Waals surface area contributed by atoms with Crippen molar-refractivity contribution in [1.29, 1.82) is 0 Å². The van der Waals surface area contributed by atoms with Gasteiger partial charge < -0.3 is 21.3 Å². The van der Waals surface area contributed by atoms with Gasteiger partial charge in [-0.05, 0) is 43.0 Å². The summed E-state index contributed by atoms with van der Waals surface area (Å²) >= 11 is 0. The number of amides is 1. The molecule has 2 heterocycles. The van der Waals surface area contributed by atoms with Crippen molar-refractivity contribution in [3.05, 3.63) is 41.7 Å². The maximum Gasteiger partial charge on any atom is 0.271 e. The summed E-state index contributed by atoms with van der Waals surface area (Å²) in [6, 6.07) is 8.43. The van der Waals surface area contributed by atoms with Crippen molar-refractivity contribution in [2.24, 2.45) is 5.73 Å². The largest absolute Gasteiger partial charge is 0.364 e. The van der Waals surface area contributed by atoms with Crippen molar-refractivity contribution >= 4 is 23.2 Å². The molecule has 7 heteroatoms. The highest BCUT2D eigenvalue weighted by molar-refractivity contribution is 5.96. The molecule has 27 heavy (non-hydrogen) atoms. The van der Waals surface area contributed by atoms with E-state index in [-0.39, 0.29) is 5.69 Å². The van der Waals surface area contributed by atoms with Gasteiger partial charge in [0.1, 0.15) is 5.82 Å². The van der Waals surface area contributed by atoms with Gasteiger partial charge in [-0.15, -0.1) is 0 Å². The van der Waals surface area contributed by atoms with Gasteiger partial charge in [-0.2, -0.15) is 0 Å². The van der Waals surface area contributed by atoms with E-state index in [1.807, 2.05) is 19.2 Å². The minimum Gasteiger partial charge on any atom is -0.364 e. The zero-order chi connectivity index (χ0) is 19.4. The van der Waals surface area contributed by atoms with E-state index in [4.69, 9.17) is 5.73 Å². The molecule has 0 radical (unpaired) electrons. The van der Waals surface area contributed by atoms with Gasteiger partial charge in [0.15, 0.2) is 11.5 Å². The van der Waals surface area contributed by atoms with Crippen molar-refractivity contribution in [3.63, 3.8) is 0 Å². The Morgan fingerprint density at radius 3 is 2.67 bits per heavy atom. The number of carbonyl (C=O) groups is 1. The molecule has 0 unspecified atom stereocenters. The molecule has 0 aliphatic carbocycles. The molecule has 1 aromatic carbocycles. The first-order valence-corrected chi connectivity index (χ1v) is 9.43. The Morgan fingerprint density at radius 2 is 2.07 bits per heavy atom. The second-order valence-electron chi connectivity index (χ2n) is 7.30. The molecule has 2 aromatic rings. The fourth-order valence-electron chi connectivity index (χ4n) is 3.26. The Labute approximate surface area is 160 Å². The van der Waals surface area contributed by atoms with E-state index in [0.717, 1.165) is 37.4 Å². The average Bonchev–Trinajstić information content (AvgIpc) is 2.68. The lowest BCUT2D eigenvalue weighted by atomic mass is 10.0. The lowest BCUT2D eigenvalue weighted by Gasteiger charge is -2.32. The summed E-state index contributed by atoms with van der Waals surface area (Å²) in [5.41, 5.74) is 7.73. The van der Waals surface area contributed by atoms with E-state index in [0.29, 0.717) is 17.8 Å². The number of aromatic nitrogens is 2. The highest BCUT2D eigenvalue weighted by Crippen LogP contribution is 2.24. The molecule has 0 saturated carbocycles. The third kappa shape index (κ3) is 4.54. The summed E-state index contributed by atoms with van der Waals surface area (Å²) < 4.78 is 0. The summed E-state index contributed by atoms with van der Waals surface area (Å²) in [7, 11) is 2.01. The summed E-state index contributed by atoms with van der Waals surface area (Å²) in [6.07, 6.45) is 3.85. The van der Waals surface area contributed by atoms with Crippen LogP contribution in [0.4, 0.5) is 17.3 Å². The van der Waals surface area contributed by atoms with E-state index in [1.165, 1.54) is 5.56 Å². The molecule has 3 rings (SSSR count). The second kappa shape index (κ2) is 8.35. The van der Waals surface area contributed by atoms with Crippen molar-refractivity contribution in [1.82, 2.24) is 15.3 Å². The van der Waals surface area contributed by atoms with Gasteiger partial charge in [0.2, 0.25) is 0 Å². The van der Waals surface area contributed by atoms with Crippen LogP contribution in [0.25, 0.3) is 0 Å². The van der Waals surface area contributed by atoms with Crippen LogP contribution in [-0.2, 0) is 0 Å². The fourth-order valence-corrected chi connectivity index (χ4v) is 3.26. The number of nitrogens with zero attached hydrogens (tertiary/aromatic N) is 3. The molecule has 7 nitrogen and oxygen atoms in total. The minimum atomic E-state index is -0.600. The third-order valence-corrected chi connectivity index (χ3v) is 5.01. The number of carbonyl (C=O) groups excluding carboxylic acids is 1. The minimum absolute atomic E-state index is 0.141. The first-order chi connectivity index (χ1) is 13.0. The molecular weight excluding hydrogens is 340 g/mol. The van der Waals surface area contributed by atoms with Gasteiger partial charge in [0, 0.05) is 25.3 Å². The number of primary amides is 1. The summed E-state index contributed by atoms with van der Waals surface area (Å²) in [5, 5.41) is 6.61. The van der Waals surface area contributed by atoms with Crippen molar-refractivity contribution < 1.29 is 4.79 Å². The maximum atomic E-state index is 11.8. The van der Waals surface area contributed by atoms with Crippen LogP contribution in [0.3, 0.4) is 0 Å². The number of piperidine rings is 1. The normalized spacial score (nSPS) is 17.0. The monoisotopic (exact) mass is 368 g/mol. The molecule has 1 atom stereocenters. The number of anilines is 3. The van der Waals surface area contributed by atoms with Crippen LogP contribution in [0.15, 0.2) is 30.5 Å². The van der Waals surface area contributed by atoms with Crippen molar-refractivity contribution in [3.8, 4) is 0 Å². The summed E-state index contributed by atoms with van der Waals surface area (Å²) in [4.78, 5) is 22.8. The molecule has 1 aliphatic heterocycles. The maximum absolute atomic E-state index is 11.8. The molecular formula is C20H28N6O. The van der Waals surface area contributed by atoms with Gasteiger partial charge in [0.05, 0.1) is 6.20 Å². The van der Waals surface area contributed by atoms with Gasteiger partial charge >= 0.3 is 0 Å². The number of benzene rings is 1. The van der Waals surface area contributed by atoms with E-state index in [2.05, 4.69) is 51.5 Å². The highest BCUT2D eigenvalue weighted by atomic mass is 16.1. The lowest BCUT2D eigenvalue weighted by molar-refractivity contribution is 0.0996. The van der Waals surface area contributed by atoms with Gasteiger partial charge in [-0.3, -0.25) is 4.79 Å². The van der Waals surface area contributed by atoms with Crippen LogP contribution < -0.4 is 21.3 Å². The van der Waals surface area contributed by atoms with Gasteiger partial charge in [-0.25, -0.2) is 9.97 Å². The third-order valence-electron chi connectivity index (χ3n) is 5.01. The Bertz CT molecular complexity index is 784. The van der Waals surface area contributed by atoms with E-state index in [9.17, 15) is 4.79 Å². The van der Waals surface area contributed by atoms with Crippen molar-refractivity contribution in [2.45, 2.75) is 38.6 Å².